The maximum absolute atomic E-state index is 13.1. The molecule has 0 spiro atoms. The zero-order valence-electron chi connectivity index (χ0n) is 10.6. The fraction of sp³-hybridized carbons (Fsp3) is 0.500. The quantitative estimate of drug-likeness (QED) is 0.722. The van der Waals surface area contributed by atoms with Gasteiger partial charge in [0.1, 0.15) is 30.2 Å². The third-order valence-corrected chi connectivity index (χ3v) is 3.76. The van der Waals surface area contributed by atoms with Crippen LogP contribution >= 0.6 is 0 Å². The minimum Gasteiger partial charge on any atom is -0.393 e. The molecule has 2 aromatic rings. The average molecular weight is 282 g/mol. The number of fused-ring (bicyclic) bond motifs is 1. The SMILES string of the molecule is Nc1ncnn2c([C@H]3C[C@H](O)[C@](CO)(CF)O3)ccc12. The molecule has 20 heavy (non-hydrogen) atoms. The van der Waals surface area contributed by atoms with Gasteiger partial charge in [0.2, 0.25) is 0 Å². The van der Waals surface area contributed by atoms with Crippen molar-refractivity contribution >= 4 is 11.3 Å². The van der Waals surface area contributed by atoms with E-state index in [1.807, 2.05) is 0 Å². The number of alkyl halides is 1. The van der Waals surface area contributed by atoms with Crippen molar-refractivity contribution in [1.82, 2.24) is 14.6 Å². The van der Waals surface area contributed by atoms with Crippen LogP contribution in [0.2, 0.25) is 0 Å². The number of rotatable bonds is 3. The second-order valence-corrected chi connectivity index (χ2v) is 4.92. The van der Waals surface area contributed by atoms with Gasteiger partial charge in [-0.15, -0.1) is 0 Å². The number of anilines is 1. The Labute approximate surface area is 113 Å². The maximum Gasteiger partial charge on any atom is 0.151 e. The monoisotopic (exact) mass is 282 g/mol. The van der Waals surface area contributed by atoms with Crippen LogP contribution in [0.15, 0.2) is 18.5 Å². The third kappa shape index (κ3) is 1.76. The minimum atomic E-state index is -1.56. The van der Waals surface area contributed by atoms with Gasteiger partial charge in [-0.05, 0) is 12.1 Å². The zero-order chi connectivity index (χ0) is 14.3. The highest BCUT2D eigenvalue weighted by molar-refractivity contribution is 5.65. The van der Waals surface area contributed by atoms with Crippen LogP contribution in [0.1, 0.15) is 18.2 Å². The van der Waals surface area contributed by atoms with Gasteiger partial charge in [0.15, 0.2) is 5.82 Å². The van der Waals surface area contributed by atoms with E-state index in [9.17, 15) is 14.6 Å². The average Bonchev–Trinajstić information content (AvgIpc) is 3.01. The van der Waals surface area contributed by atoms with Crippen LogP contribution in [0.25, 0.3) is 5.52 Å². The number of hydrogen-bond acceptors (Lipinski definition) is 6. The lowest BCUT2D eigenvalue weighted by Gasteiger charge is -2.26. The Morgan fingerprint density at radius 1 is 1.55 bits per heavy atom. The third-order valence-electron chi connectivity index (χ3n) is 3.76. The second kappa shape index (κ2) is 4.65. The number of nitrogens with zero attached hydrogens (tertiary/aromatic N) is 3. The summed E-state index contributed by atoms with van der Waals surface area (Å²) in [5.41, 5.74) is 5.43. The zero-order valence-corrected chi connectivity index (χ0v) is 10.6. The molecule has 8 heteroatoms. The fourth-order valence-electron chi connectivity index (χ4n) is 2.53. The molecule has 2 aromatic heterocycles. The molecular weight excluding hydrogens is 267 g/mol. The maximum atomic E-state index is 13.1. The number of ether oxygens (including phenoxy) is 1. The van der Waals surface area contributed by atoms with Crippen molar-refractivity contribution in [1.29, 1.82) is 0 Å². The molecule has 1 saturated heterocycles. The summed E-state index contributed by atoms with van der Waals surface area (Å²) in [7, 11) is 0. The first-order valence-electron chi connectivity index (χ1n) is 6.22. The van der Waals surface area contributed by atoms with E-state index in [4.69, 9.17) is 10.5 Å². The lowest BCUT2D eigenvalue weighted by atomic mass is 9.98. The molecule has 1 aliphatic heterocycles. The molecule has 3 heterocycles. The number of halogens is 1. The normalized spacial score (nSPS) is 30.1. The fourth-order valence-corrected chi connectivity index (χ4v) is 2.53. The van der Waals surface area contributed by atoms with E-state index in [1.165, 1.54) is 6.33 Å². The van der Waals surface area contributed by atoms with Gasteiger partial charge in [-0.25, -0.2) is 13.9 Å². The predicted octanol–water partition coefficient (Wildman–Crippen LogP) is -0.166. The smallest absolute Gasteiger partial charge is 0.151 e. The van der Waals surface area contributed by atoms with Gasteiger partial charge < -0.3 is 20.7 Å². The molecule has 4 N–H and O–H groups in total. The number of aliphatic hydroxyl groups is 2. The highest BCUT2D eigenvalue weighted by Gasteiger charge is 2.49. The van der Waals surface area contributed by atoms with Crippen molar-refractivity contribution in [2.45, 2.75) is 24.2 Å². The van der Waals surface area contributed by atoms with E-state index < -0.39 is 31.1 Å². The highest BCUT2D eigenvalue weighted by atomic mass is 19.1. The number of aliphatic hydroxyl groups excluding tert-OH is 2. The summed E-state index contributed by atoms with van der Waals surface area (Å²) >= 11 is 0. The van der Waals surface area contributed by atoms with Crippen molar-refractivity contribution in [3.05, 3.63) is 24.2 Å². The van der Waals surface area contributed by atoms with Gasteiger partial charge >= 0.3 is 0 Å². The lowest BCUT2D eigenvalue weighted by molar-refractivity contribution is -0.123. The van der Waals surface area contributed by atoms with Crippen LogP contribution in [0, 0.1) is 0 Å². The molecule has 3 rings (SSSR count). The molecule has 0 saturated carbocycles. The first-order valence-corrected chi connectivity index (χ1v) is 6.22. The Balaban J connectivity index is 1.99. The van der Waals surface area contributed by atoms with Crippen LogP contribution in [0.3, 0.4) is 0 Å². The molecule has 0 aliphatic carbocycles. The van der Waals surface area contributed by atoms with Gasteiger partial charge in [-0.2, -0.15) is 5.10 Å². The number of nitrogens with two attached hydrogens (primary N) is 1. The first kappa shape index (κ1) is 13.2. The van der Waals surface area contributed by atoms with E-state index >= 15 is 0 Å². The van der Waals surface area contributed by atoms with Gasteiger partial charge in [0.05, 0.1) is 18.4 Å². The van der Waals surface area contributed by atoms with Crippen LogP contribution in [-0.2, 0) is 4.74 Å². The molecule has 0 unspecified atom stereocenters. The molecule has 0 bridgehead atoms. The molecule has 0 amide bonds. The van der Waals surface area contributed by atoms with Gasteiger partial charge in [-0.1, -0.05) is 0 Å². The van der Waals surface area contributed by atoms with Crippen LogP contribution in [0.5, 0.6) is 0 Å². The second-order valence-electron chi connectivity index (χ2n) is 4.92. The van der Waals surface area contributed by atoms with Gasteiger partial charge in [0.25, 0.3) is 0 Å². The largest absolute Gasteiger partial charge is 0.393 e. The van der Waals surface area contributed by atoms with Crippen molar-refractivity contribution in [2.24, 2.45) is 0 Å². The molecule has 3 atom stereocenters. The number of aromatic nitrogens is 3. The Morgan fingerprint density at radius 2 is 2.35 bits per heavy atom. The van der Waals surface area contributed by atoms with Crippen molar-refractivity contribution in [3.8, 4) is 0 Å². The topological polar surface area (TPSA) is 106 Å². The summed E-state index contributed by atoms with van der Waals surface area (Å²) in [5, 5.41) is 23.3. The van der Waals surface area contributed by atoms with E-state index in [0.717, 1.165) is 0 Å². The molecule has 1 fully saturated rings. The van der Waals surface area contributed by atoms with Crippen molar-refractivity contribution < 1.29 is 19.3 Å². The lowest BCUT2D eigenvalue weighted by Crippen LogP contribution is -2.45. The van der Waals surface area contributed by atoms with E-state index in [0.29, 0.717) is 17.0 Å². The molecule has 1 aliphatic rings. The predicted molar refractivity (Wildman–Crippen MR) is 67.6 cm³/mol. The Hall–Kier alpha value is -1.77. The summed E-state index contributed by atoms with van der Waals surface area (Å²) in [5.74, 6) is 0.323. The number of nitrogen functional groups attached to an aromatic ring is 1. The molecule has 0 radical (unpaired) electrons. The summed E-state index contributed by atoms with van der Waals surface area (Å²) in [6.07, 6.45) is -0.150. The van der Waals surface area contributed by atoms with Crippen LogP contribution < -0.4 is 5.73 Å². The van der Waals surface area contributed by atoms with Gasteiger partial charge in [0, 0.05) is 6.42 Å². The van der Waals surface area contributed by atoms with Gasteiger partial charge in [-0.3, -0.25) is 0 Å². The van der Waals surface area contributed by atoms with Crippen LogP contribution in [0.4, 0.5) is 10.2 Å². The molecule has 108 valence electrons. The van der Waals surface area contributed by atoms with Crippen LogP contribution in [-0.4, -0.2) is 49.8 Å². The first-order chi connectivity index (χ1) is 9.61. The van der Waals surface area contributed by atoms with Crippen molar-refractivity contribution in [3.63, 3.8) is 0 Å². The van der Waals surface area contributed by atoms with E-state index in [-0.39, 0.29) is 6.42 Å². The Kier molecular flexibility index (Phi) is 3.08. The Morgan fingerprint density at radius 3 is 3.00 bits per heavy atom. The standard InChI is InChI=1S/C12H15FN4O3/c13-4-12(5-18)10(19)3-9(20-12)7-1-2-8-11(14)15-6-16-17(7)8/h1-2,6,9-10,18-19H,3-5H2,(H2,14,15,16)/t9-,10+,12-/m1/s1. The minimum absolute atomic E-state index is 0.181. The van der Waals surface area contributed by atoms with E-state index in [2.05, 4.69) is 10.1 Å². The molecular formula is C12H15FN4O3. The Bertz CT molecular complexity index is 628. The number of hydrogen-bond donors (Lipinski definition) is 3. The van der Waals surface area contributed by atoms with E-state index in [1.54, 1.807) is 16.6 Å². The summed E-state index contributed by atoms with van der Waals surface area (Å²) in [6.45, 7) is -1.54. The van der Waals surface area contributed by atoms with Crippen molar-refractivity contribution in [2.75, 3.05) is 19.0 Å². The molecule has 0 aromatic carbocycles. The summed E-state index contributed by atoms with van der Waals surface area (Å²) in [4.78, 5) is 3.88. The summed E-state index contributed by atoms with van der Waals surface area (Å²) < 4.78 is 20.2. The highest BCUT2D eigenvalue weighted by Crippen LogP contribution is 2.40. The molecule has 7 nitrogen and oxygen atoms in total. The summed E-state index contributed by atoms with van der Waals surface area (Å²) in [6, 6.07) is 3.47.